The van der Waals surface area contributed by atoms with Crippen LogP contribution in [0.1, 0.15) is 0 Å². The highest BCUT2D eigenvalue weighted by Gasteiger charge is 2.06. The van der Waals surface area contributed by atoms with Gasteiger partial charge in [0.1, 0.15) is 5.58 Å². The molecule has 0 saturated heterocycles. The fraction of sp³-hybridized carbons (Fsp3) is 0.0769. The average molecular weight is 243 g/mol. The Morgan fingerprint density at radius 2 is 2.18 bits per heavy atom. The van der Waals surface area contributed by atoms with Crippen molar-refractivity contribution in [2.45, 2.75) is 4.90 Å². The Bertz CT molecular complexity index is 764. The molecule has 0 atom stereocenters. The molecular weight excluding hydrogens is 234 g/mol. The Hall–Kier alpha value is -1.81. The first-order valence-electron chi connectivity index (χ1n) is 5.14. The van der Waals surface area contributed by atoms with Crippen LogP contribution >= 0.6 is 11.8 Å². The largest absolute Gasteiger partial charge is 0.423 e. The van der Waals surface area contributed by atoms with Crippen LogP contribution in [-0.4, -0.2) is 11.2 Å². The van der Waals surface area contributed by atoms with Gasteiger partial charge in [0.05, 0.1) is 5.52 Å². The van der Waals surface area contributed by atoms with Crippen molar-refractivity contribution < 1.29 is 4.42 Å². The second kappa shape index (κ2) is 3.89. The van der Waals surface area contributed by atoms with E-state index in [2.05, 4.69) is 4.98 Å². The summed E-state index contributed by atoms with van der Waals surface area (Å²) in [5.41, 5.74) is 1.10. The molecule has 17 heavy (non-hydrogen) atoms. The van der Waals surface area contributed by atoms with E-state index in [1.54, 1.807) is 18.0 Å². The van der Waals surface area contributed by atoms with Gasteiger partial charge in [0.2, 0.25) is 0 Å². The summed E-state index contributed by atoms with van der Waals surface area (Å²) in [7, 11) is 0. The van der Waals surface area contributed by atoms with Gasteiger partial charge in [-0.05, 0) is 18.4 Å². The van der Waals surface area contributed by atoms with Crippen molar-refractivity contribution >= 4 is 33.6 Å². The van der Waals surface area contributed by atoms with Crippen molar-refractivity contribution in [1.29, 1.82) is 0 Å². The van der Waals surface area contributed by atoms with Crippen LogP contribution in [0.3, 0.4) is 0 Å². The van der Waals surface area contributed by atoms with Crippen LogP contribution in [0, 0.1) is 0 Å². The zero-order chi connectivity index (χ0) is 11.8. The molecule has 2 aromatic heterocycles. The second-order valence-electron chi connectivity index (χ2n) is 3.68. The molecule has 0 bridgehead atoms. The third-order valence-corrected chi connectivity index (χ3v) is 3.43. The summed E-state index contributed by atoms with van der Waals surface area (Å²) >= 11 is 1.54. The van der Waals surface area contributed by atoms with Crippen LogP contribution in [0.5, 0.6) is 0 Å². The lowest BCUT2D eigenvalue weighted by atomic mass is 10.1. The van der Waals surface area contributed by atoms with Crippen molar-refractivity contribution in [1.82, 2.24) is 4.98 Å². The quantitative estimate of drug-likeness (QED) is 0.374. The van der Waals surface area contributed by atoms with Gasteiger partial charge in [-0.2, -0.15) is 0 Å². The van der Waals surface area contributed by atoms with E-state index in [1.807, 2.05) is 30.5 Å². The zero-order valence-corrected chi connectivity index (χ0v) is 9.95. The Labute approximate surface area is 101 Å². The van der Waals surface area contributed by atoms with E-state index < -0.39 is 0 Å². The van der Waals surface area contributed by atoms with E-state index >= 15 is 0 Å². The van der Waals surface area contributed by atoms with Gasteiger partial charge in [-0.1, -0.05) is 6.07 Å². The van der Waals surface area contributed by atoms with E-state index in [9.17, 15) is 4.79 Å². The number of benzene rings is 1. The number of rotatable bonds is 1. The molecule has 3 nitrogen and oxygen atoms in total. The standard InChI is InChI=1S/C13H9NO2S/c1-17-12-7-13(15)16-11-6-10-8(5-9(11)12)3-2-4-14-10/h2-7H,1H3. The highest BCUT2D eigenvalue weighted by Crippen LogP contribution is 2.27. The SMILES string of the molecule is CSc1cc(=O)oc2cc3ncccc3cc12. The Morgan fingerprint density at radius 3 is 3.00 bits per heavy atom. The number of fused-ring (bicyclic) bond motifs is 2. The first-order valence-corrected chi connectivity index (χ1v) is 6.37. The first-order chi connectivity index (χ1) is 8.28. The van der Waals surface area contributed by atoms with Gasteiger partial charge in [-0.25, -0.2) is 4.79 Å². The molecule has 0 aliphatic rings. The number of aromatic nitrogens is 1. The summed E-state index contributed by atoms with van der Waals surface area (Å²) < 4.78 is 5.20. The Morgan fingerprint density at radius 1 is 1.29 bits per heavy atom. The monoisotopic (exact) mass is 243 g/mol. The van der Waals surface area contributed by atoms with Crippen molar-refractivity contribution in [2.75, 3.05) is 6.26 Å². The topological polar surface area (TPSA) is 43.1 Å². The molecule has 0 amide bonds. The fourth-order valence-corrected chi connectivity index (χ4v) is 2.46. The van der Waals surface area contributed by atoms with E-state index in [0.717, 1.165) is 21.2 Å². The Kier molecular flexibility index (Phi) is 2.37. The summed E-state index contributed by atoms with van der Waals surface area (Å²) in [5.74, 6) is 0. The molecule has 3 aromatic rings. The molecule has 0 spiro atoms. The molecule has 0 saturated carbocycles. The third kappa shape index (κ3) is 1.70. The van der Waals surface area contributed by atoms with Gasteiger partial charge in [0, 0.05) is 34.0 Å². The van der Waals surface area contributed by atoms with Crippen LogP contribution < -0.4 is 5.63 Å². The summed E-state index contributed by atoms with van der Waals surface area (Å²) in [4.78, 5) is 16.6. The minimum absolute atomic E-state index is 0.322. The zero-order valence-electron chi connectivity index (χ0n) is 9.14. The number of hydrogen-bond donors (Lipinski definition) is 0. The van der Waals surface area contributed by atoms with Gasteiger partial charge in [0.15, 0.2) is 0 Å². The number of pyridine rings is 1. The molecular formula is C13H9NO2S. The lowest BCUT2D eigenvalue weighted by Crippen LogP contribution is -1.97. The average Bonchev–Trinajstić information content (AvgIpc) is 2.35. The minimum Gasteiger partial charge on any atom is -0.423 e. The highest BCUT2D eigenvalue weighted by molar-refractivity contribution is 7.98. The summed E-state index contributed by atoms with van der Waals surface area (Å²) in [5, 5.41) is 2.00. The van der Waals surface area contributed by atoms with Gasteiger partial charge in [0.25, 0.3) is 0 Å². The molecule has 0 N–H and O–H groups in total. The maximum Gasteiger partial charge on any atom is 0.337 e. The van der Waals surface area contributed by atoms with Crippen LogP contribution in [0.2, 0.25) is 0 Å². The minimum atomic E-state index is -0.322. The van der Waals surface area contributed by atoms with Crippen molar-refractivity contribution in [2.24, 2.45) is 0 Å². The van der Waals surface area contributed by atoms with E-state index in [4.69, 9.17) is 4.42 Å². The second-order valence-corrected chi connectivity index (χ2v) is 4.53. The molecule has 3 rings (SSSR count). The van der Waals surface area contributed by atoms with Crippen LogP contribution in [-0.2, 0) is 0 Å². The molecule has 0 unspecified atom stereocenters. The van der Waals surface area contributed by atoms with Crippen LogP contribution in [0.25, 0.3) is 21.9 Å². The predicted octanol–water partition coefficient (Wildman–Crippen LogP) is 3.06. The molecule has 0 radical (unpaired) electrons. The molecule has 4 heteroatoms. The third-order valence-electron chi connectivity index (χ3n) is 2.65. The van der Waals surface area contributed by atoms with E-state index in [1.165, 1.54) is 6.07 Å². The summed E-state index contributed by atoms with van der Waals surface area (Å²) in [6.45, 7) is 0. The van der Waals surface area contributed by atoms with Crippen molar-refractivity contribution in [3.63, 3.8) is 0 Å². The molecule has 1 aromatic carbocycles. The van der Waals surface area contributed by atoms with Gasteiger partial charge >= 0.3 is 5.63 Å². The van der Waals surface area contributed by atoms with Crippen LogP contribution in [0.4, 0.5) is 0 Å². The highest BCUT2D eigenvalue weighted by atomic mass is 32.2. The summed E-state index contributed by atoms with van der Waals surface area (Å²) in [6, 6.07) is 9.23. The molecule has 0 aliphatic carbocycles. The first kappa shape index (κ1) is 10.4. The Balaban J connectivity index is 2.51. The molecule has 0 fully saturated rings. The van der Waals surface area contributed by atoms with Crippen molar-refractivity contribution in [3.8, 4) is 0 Å². The number of hydrogen-bond acceptors (Lipinski definition) is 4. The normalized spacial score (nSPS) is 11.1. The number of thioether (sulfide) groups is 1. The fourth-order valence-electron chi connectivity index (χ4n) is 1.87. The maximum absolute atomic E-state index is 11.4. The smallest absolute Gasteiger partial charge is 0.337 e. The molecule has 2 heterocycles. The molecule has 0 aliphatic heterocycles. The molecule has 84 valence electrons. The van der Waals surface area contributed by atoms with Gasteiger partial charge in [-0.15, -0.1) is 11.8 Å². The maximum atomic E-state index is 11.4. The van der Waals surface area contributed by atoms with Crippen molar-refractivity contribution in [3.05, 3.63) is 46.9 Å². The lowest BCUT2D eigenvalue weighted by molar-refractivity contribution is 0.558. The van der Waals surface area contributed by atoms with E-state index in [0.29, 0.717) is 5.58 Å². The summed E-state index contributed by atoms with van der Waals surface area (Å²) in [6.07, 6.45) is 3.67. The lowest BCUT2D eigenvalue weighted by Gasteiger charge is -2.03. The van der Waals surface area contributed by atoms with Gasteiger partial charge < -0.3 is 4.42 Å². The number of nitrogens with zero attached hydrogens (tertiary/aromatic N) is 1. The van der Waals surface area contributed by atoms with Gasteiger partial charge in [-0.3, -0.25) is 4.98 Å². The predicted molar refractivity (Wildman–Crippen MR) is 69.6 cm³/mol. The van der Waals surface area contributed by atoms with Crippen LogP contribution in [0.15, 0.2) is 50.6 Å². The van der Waals surface area contributed by atoms with E-state index in [-0.39, 0.29) is 5.63 Å².